The zero-order valence-electron chi connectivity index (χ0n) is 15.0. The smallest absolute Gasteiger partial charge is 0.255 e. The molecule has 7 nitrogen and oxygen atoms in total. The zero-order valence-corrected chi connectivity index (χ0v) is 15.0. The second-order valence-corrected chi connectivity index (χ2v) is 7.27. The van der Waals surface area contributed by atoms with Crippen LogP contribution in [0.3, 0.4) is 0 Å². The van der Waals surface area contributed by atoms with Crippen LogP contribution >= 0.6 is 0 Å². The van der Waals surface area contributed by atoms with E-state index in [0.717, 1.165) is 37.0 Å². The number of nitrogens with zero attached hydrogens (tertiary/aromatic N) is 3. The van der Waals surface area contributed by atoms with Crippen LogP contribution < -0.4 is 10.2 Å². The van der Waals surface area contributed by atoms with E-state index >= 15 is 0 Å². The van der Waals surface area contributed by atoms with Crippen LogP contribution in [-0.4, -0.2) is 46.2 Å². The number of aliphatic hydroxyl groups is 1. The molecule has 1 saturated heterocycles. The number of nitrogens with one attached hydrogen (secondary N) is 1. The van der Waals surface area contributed by atoms with Gasteiger partial charge in [-0.25, -0.2) is 9.97 Å². The maximum absolute atomic E-state index is 12.7. The summed E-state index contributed by atoms with van der Waals surface area (Å²) in [6.07, 6.45) is 7.92. The van der Waals surface area contributed by atoms with E-state index in [9.17, 15) is 9.90 Å². The van der Waals surface area contributed by atoms with Crippen molar-refractivity contribution in [2.24, 2.45) is 0 Å². The van der Waals surface area contributed by atoms with Crippen LogP contribution in [0, 0.1) is 6.92 Å². The summed E-state index contributed by atoms with van der Waals surface area (Å²) in [5, 5.41) is 13.8. The number of anilines is 1. The lowest BCUT2D eigenvalue weighted by Crippen LogP contribution is -2.45. The molecule has 7 heteroatoms. The Labute approximate surface area is 152 Å². The minimum atomic E-state index is -0.980. The molecule has 26 heavy (non-hydrogen) atoms. The summed E-state index contributed by atoms with van der Waals surface area (Å²) in [5.41, 5.74) is 0.723. The normalized spacial score (nSPS) is 22.3. The Morgan fingerprint density at radius 2 is 2.12 bits per heavy atom. The van der Waals surface area contributed by atoms with Gasteiger partial charge in [-0.3, -0.25) is 4.79 Å². The summed E-state index contributed by atoms with van der Waals surface area (Å²) in [5.74, 6) is 2.07. The Bertz CT molecular complexity index is 805. The fourth-order valence-electron chi connectivity index (χ4n) is 3.96. The molecule has 2 N–H and O–H groups in total. The van der Waals surface area contributed by atoms with Crippen molar-refractivity contribution in [2.45, 2.75) is 44.6 Å². The van der Waals surface area contributed by atoms with Gasteiger partial charge in [0, 0.05) is 37.5 Å². The number of amides is 1. The second kappa shape index (κ2) is 6.72. The van der Waals surface area contributed by atoms with E-state index in [1.807, 2.05) is 11.8 Å². The molecule has 2 aromatic heterocycles. The summed E-state index contributed by atoms with van der Waals surface area (Å²) >= 11 is 0. The minimum Gasteiger partial charge on any atom is -0.465 e. The number of carbonyl (C=O) groups is 1. The van der Waals surface area contributed by atoms with Gasteiger partial charge in [0.15, 0.2) is 0 Å². The van der Waals surface area contributed by atoms with E-state index < -0.39 is 5.60 Å². The second-order valence-electron chi connectivity index (χ2n) is 7.27. The number of fused-ring (bicyclic) bond motifs is 1. The molecule has 1 amide bonds. The van der Waals surface area contributed by atoms with Crippen LogP contribution in [0.15, 0.2) is 22.9 Å². The summed E-state index contributed by atoms with van der Waals surface area (Å²) in [6.45, 7) is 3.11. The third-order valence-electron chi connectivity index (χ3n) is 5.32. The Balaban J connectivity index is 1.41. The summed E-state index contributed by atoms with van der Waals surface area (Å²) in [7, 11) is 0. The maximum Gasteiger partial charge on any atom is 0.255 e. The number of hydrogen-bond donors (Lipinski definition) is 2. The highest BCUT2D eigenvalue weighted by Crippen LogP contribution is 2.30. The molecule has 1 atom stereocenters. The van der Waals surface area contributed by atoms with E-state index in [1.165, 1.54) is 0 Å². The van der Waals surface area contributed by atoms with Crippen LogP contribution in [0.2, 0.25) is 0 Å². The summed E-state index contributed by atoms with van der Waals surface area (Å²) in [6, 6.07) is 1.76. The topological polar surface area (TPSA) is 91.5 Å². The molecular weight excluding hydrogens is 332 g/mol. The number of carbonyl (C=O) groups excluding carboxylic acids is 1. The molecule has 0 saturated carbocycles. The summed E-state index contributed by atoms with van der Waals surface area (Å²) < 4.78 is 5.78. The molecule has 2 aromatic rings. The minimum absolute atomic E-state index is 0.155. The largest absolute Gasteiger partial charge is 0.465 e. The number of furan rings is 1. The van der Waals surface area contributed by atoms with Crippen molar-refractivity contribution in [3.8, 4) is 0 Å². The number of aromatic nitrogens is 2. The predicted octanol–water partition coefficient (Wildman–Crippen LogP) is 1.63. The van der Waals surface area contributed by atoms with E-state index in [-0.39, 0.29) is 12.5 Å². The fourth-order valence-corrected chi connectivity index (χ4v) is 3.96. The number of β-amino-alcohol motifs (C(OH)–C–C–N with tert-alkyl or cyclic N) is 1. The lowest BCUT2D eigenvalue weighted by atomic mass is 9.94. The quantitative estimate of drug-likeness (QED) is 0.865. The molecule has 0 unspecified atom stereocenters. The average molecular weight is 356 g/mol. The third-order valence-corrected chi connectivity index (χ3v) is 5.32. The number of aryl methyl sites for hydroxylation is 2. The van der Waals surface area contributed by atoms with Crippen LogP contribution in [0.5, 0.6) is 0 Å². The van der Waals surface area contributed by atoms with Crippen LogP contribution in [-0.2, 0) is 12.8 Å². The Kier molecular flexibility index (Phi) is 4.40. The maximum atomic E-state index is 12.7. The molecule has 0 radical (unpaired) electrons. The Hall–Kier alpha value is -2.41. The highest BCUT2D eigenvalue weighted by atomic mass is 16.3. The molecular formula is C19H24N4O3. The molecule has 0 spiro atoms. The molecule has 3 heterocycles. The molecule has 138 valence electrons. The van der Waals surface area contributed by atoms with Crippen molar-refractivity contribution in [1.82, 2.24) is 15.3 Å². The predicted molar refractivity (Wildman–Crippen MR) is 96.2 cm³/mol. The molecule has 1 aliphatic heterocycles. The molecule has 2 aliphatic rings. The van der Waals surface area contributed by atoms with Crippen molar-refractivity contribution in [3.05, 3.63) is 41.1 Å². The lowest BCUT2D eigenvalue weighted by Gasteiger charge is -2.24. The van der Waals surface area contributed by atoms with E-state index in [4.69, 9.17) is 4.42 Å². The van der Waals surface area contributed by atoms with Crippen molar-refractivity contribution in [3.63, 3.8) is 0 Å². The van der Waals surface area contributed by atoms with Gasteiger partial charge in [-0.2, -0.15) is 0 Å². The van der Waals surface area contributed by atoms with Gasteiger partial charge >= 0.3 is 0 Å². The first kappa shape index (κ1) is 17.0. The van der Waals surface area contributed by atoms with Gasteiger partial charge in [-0.05, 0) is 38.7 Å². The van der Waals surface area contributed by atoms with Gasteiger partial charge in [-0.15, -0.1) is 0 Å². The first-order chi connectivity index (χ1) is 12.6. The fraction of sp³-hybridized carbons (Fsp3) is 0.526. The van der Waals surface area contributed by atoms with E-state index in [0.29, 0.717) is 36.8 Å². The highest BCUT2D eigenvalue weighted by Gasteiger charge is 2.38. The molecule has 0 aromatic carbocycles. The Morgan fingerprint density at radius 3 is 2.92 bits per heavy atom. The monoisotopic (exact) mass is 356 g/mol. The van der Waals surface area contributed by atoms with E-state index in [2.05, 4.69) is 15.3 Å². The number of rotatable bonds is 4. The first-order valence-electron chi connectivity index (χ1n) is 9.19. The van der Waals surface area contributed by atoms with Crippen molar-refractivity contribution in [2.75, 3.05) is 24.5 Å². The van der Waals surface area contributed by atoms with Gasteiger partial charge in [0.1, 0.15) is 17.1 Å². The average Bonchev–Trinajstić information content (AvgIpc) is 3.21. The highest BCUT2D eigenvalue weighted by molar-refractivity contribution is 5.97. The van der Waals surface area contributed by atoms with Crippen molar-refractivity contribution < 1.29 is 14.3 Å². The van der Waals surface area contributed by atoms with E-state index in [1.54, 1.807) is 18.5 Å². The van der Waals surface area contributed by atoms with Crippen molar-refractivity contribution >= 4 is 11.9 Å². The molecule has 1 fully saturated rings. The third kappa shape index (κ3) is 3.19. The van der Waals surface area contributed by atoms with Gasteiger partial charge in [0.05, 0.1) is 12.1 Å². The SMILES string of the molecule is Cc1oc2c(c1C(=O)NC[C@@]1(O)CCN(c3ncccn3)C1)CCCC2. The first-order valence-corrected chi connectivity index (χ1v) is 9.19. The molecule has 4 rings (SSSR count). The van der Waals surface area contributed by atoms with Gasteiger partial charge < -0.3 is 19.7 Å². The molecule has 0 bridgehead atoms. The standard InChI is InChI=1S/C19H24N4O3/c1-13-16(14-5-2-3-6-15(14)26-13)17(24)22-11-19(25)7-10-23(12-19)18-20-8-4-9-21-18/h4,8-9,25H,2-3,5-7,10-12H2,1H3,(H,22,24)/t19-/m0/s1. The Morgan fingerprint density at radius 1 is 1.35 bits per heavy atom. The van der Waals surface area contributed by atoms with Crippen LogP contribution in [0.1, 0.15) is 46.7 Å². The zero-order chi connectivity index (χ0) is 18.1. The molecule has 1 aliphatic carbocycles. The van der Waals surface area contributed by atoms with Gasteiger partial charge in [0.25, 0.3) is 5.91 Å². The van der Waals surface area contributed by atoms with Crippen LogP contribution in [0.25, 0.3) is 0 Å². The van der Waals surface area contributed by atoms with Crippen molar-refractivity contribution in [1.29, 1.82) is 0 Å². The summed E-state index contributed by atoms with van der Waals surface area (Å²) in [4.78, 5) is 23.1. The van der Waals surface area contributed by atoms with Gasteiger partial charge in [0.2, 0.25) is 5.95 Å². The van der Waals surface area contributed by atoms with Gasteiger partial charge in [-0.1, -0.05) is 0 Å². The lowest BCUT2D eigenvalue weighted by molar-refractivity contribution is 0.0574. The number of hydrogen-bond acceptors (Lipinski definition) is 6. The van der Waals surface area contributed by atoms with Crippen LogP contribution in [0.4, 0.5) is 5.95 Å².